The first-order valence-corrected chi connectivity index (χ1v) is 12.8. The zero-order valence-electron chi connectivity index (χ0n) is 19.2. The van der Waals surface area contributed by atoms with E-state index in [4.69, 9.17) is 23.2 Å². The first-order chi connectivity index (χ1) is 15.3. The van der Waals surface area contributed by atoms with Crippen molar-refractivity contribution in [3.63, 3.8) is 0 Å². The minimum absolute atomic E-state index is 0.0514. The van der Waals surface area contributed by atoms with E-state index >= 15 is 0 Å². The smallest absolute Gasteiger partial charge is 0.243 e. The molecule has 2 atom stereocenters. The van der Waals surface area contributed by atoms with Gasteiger partial charge in [0, 0.05) is 18.3 Å². The Balaban J connectivity index is 2.15. The highest BCUT2D eigenvalue weighted by molar-refractivity contribution is 7.99. The van der Waals surface area contributed by atoms with Gasteiger partial charge >= 0.3 is 0 Å². The second-order valence-electron chi connectivity index (χ2n) is 7.93. The Kier molecular flexibility index (Phi) is 10.9. The molecular weight excluding hydrogens is 463 g/mol. The van der Waals surface area contributed by atoms with E-state index in [-0.39, 0.29) is 23.6 Å². The molecule has 1 N–H and O–H groups in total. The highest BCUT2D eigenvalue weighted by atomic mass is 35.5. The Morgan fingerprint density at radius 2 is 1.78 bits per heavy atom. The zero-order valence-corrected chi connectivity index (χ0v) is 21.5. The maximum absolute atomic E-state index is 13.3. The van der Waals surface area contributed by atoms with Gasteiger partial charge in [-0.05, 0) is 55.5 Å². The SMILES string of the molecule is CCC(C)NC(=O)C(CC)N(Cc1ccccc1C)C(=O)CSCc1ccc(Cl)c(Cl)c1. The molecule has 2 rings (SSSR count). The molecule has 2 amide bonds. The van der Waals surface area contributed by atoms with Gasteiger partial charge in [-0.2, -0.15) is 0 Å². The van der Waals surface area contributed by atoms with Crippen LogP contribution in [0.1, 0.15) is 50.3 Å². The molecule has 0 bridgehead atoms. The van der Waals surface area contributed by atoms with Crippen LogP contribution in [0.15, 0.2) is 42.5 Å². The highest BCUT2D eigenvalue weighted by Gasteiger charge is 2.29. The molecule has 0 spiro atoms. The van der Waals surface area contributed by atoms with Gasteiger partial charge in [0.15, 0.2) is 0 Å². The number of thioether (sulfide) groups is 1. The quantitative estimate of drug-likeness (QED) is 0.401. The third-order valence-electron chi connectivity index (χ3n) is 5.47. The molecule has 2 aromatic carbocycles. The average molecular weight is 496 g/mol. The number of carbonyl (C=O) groups excluding carboxylic acids is 2. The van der Waals surface area contributed by atoms with Crippen molar-refractivity contribution in [1.82, 2.24) is 10.2 Å². The molecule has 7 heteroatoms. The molecule has 4 nitrogen and oxygen atoms in total. The summed E-state index contributed by atoms with van der Waals surface area (Å²) in [6, 6.07) is 13.0. The van der Waals surface area contributed by atoms with E-state index in [1.165, 1.54) is 11.8 Å². The fraction of sp³-hybridized carbons (Fsp3) is 0.440. The van der Waals surface area contributed by atoms with Gasteiger partial charge in [0.05, 0.1) is 15.8 Å². The third-order valence-corrected chi connectivity index (χ3v) is 7.19. The van der Waals surface area contributed by atoms with E-state index < -0.39 is 6.04 Å². The summed E-state index contributed by atoms with van der Waals surface area (Å²) in [5.41, 5.74) is 3.15. The van der Waals surface area contributed by atoms with E-state index in [1.54, 1.807) is 11.0 Å². The summed E-state index contributed by atoms with van der Waals surface area (Å²) in [5.74, 6) is 0.762. The summed E-state index contributed by atoms with van der Waals surface area (Å²) < 4.78 is 0. The Hall–Kier alpha value is -1.69. The number of nitrogens with one attached hydrogen (secondary N) is 1. The van der Waals surface area contributed by atoms with Crippen molar-refractivity contribution in [2.75, 3.05) is 5.75 Å². The largest absolute Gasteiger partial charge is 0.352 e. The monoisotopic (exact) mass is 494 g/mol. The molecule has 2 aromatic rings. The Bertz CT molecular complexity index is 923. The van der Waals surface area contributed by atoms with Gasteiger partial charge in [-0.15, -0.1) is 11.8 Å². The molecule has 0 saturated carbocycles. The molecule has 2 unspecified atom stereocenters. The molecular formula is C25H32Cl2N2O2S. The summed E-state index contributed by atoms with van der Waals surface area (Å²) in [7, 11) is 0. The fourth-order valence-electron chi connectivity index (χ4n) is 3.30. The van der Waals surface area contributed by atoms with Crippen LogP contribution in [0.4, 0.5) is 0 Å². The molecule has 0 aromatic heterocycles. The van der Waals surface area contributed by atoms with Gasteiger partial charge in [-0.1, -0.05) is 67.4 Å². The number of amides is 2. The van der Waals surface area contributed by atoms with E-state index in [9.17, 15) is 9.59 Å². The van der Waals surface area contributed by atoms with Gasteiger partial charge in [0.1, 0.15) is 6.04 Å². The third kappa shape index (κ3) is 7.72. The number of hydrogen-bond acceptors (Lipinski definition) is 3. The van der Waals surface area contributed by atoms with E-state index in [2.05, 4.69) is 5.32 Å². The average Bonchev–Trinajstić information content (AvgIpc) is 2.77. The molecule has 0 aliphatic heterocycles. The van der Waals surface area contributed by atoms with Crippen molar-refractivity contribution in [3.8, 4) is 0 Å². The van der Waals surface area contributed by atoms with E-state index in [0.717, 1.165) is 23.1 Å². The lowest BCUT2D eigenvalue weighted by molar-refractivity contribution is -0.139. The van der Waals surface area contributed by atoms with Crippen molar-refractivity contribution in [2.45, 2.75) is 64.9 Å². The Morgan fingerprint density at radius 1 is 1.06 bits per heavy atom. The van der Waals surface area contributed by atoms with Crippen LogP contribution in [-0.4, -0.2) is 34.6 Å². The Morgan fingerprint density at radius 3 is 2.41 bits per heavy atom. The minimum Gasteiger partial charge on any atom is -0.352 e. The van der Waals surface area contributed by atoms with Gasteiger partial charge in [0.25, 0.3) is 0 Å². The minimum atomic E-state index is -0.512. The highest BCUT2D eigenvalue weighted by Crippen LogP contribution is 2.25. The molecule has 32 heavy (non-hydrogen) atoms. The van der Waals surface area contributed by atoms with Crippen LogP contribution >= 0.6 is 35.0 Å². The lowest BCUT2D eigenvalue weighted by Crippen LogP contribution is -2.51. The summed E-state index contributed by atoms with van der Waals surface area (Å²) >= 11 is 13.6. The summed E-state index contributed by atoms with van der Waals surface area (Å²) in [6.45, 7) is 8.39. The topological polar surface area (TPSA) is 49.4 Å². The van der Waals surface area contributed by atoms with Crippen LogP contribution in [-0.2, 0) is 21.9 Å². The number of hydrogen-bond donors (Lipinski definition) is 1. The van der Waals surface area contributed by atoms with Crippen LogP contribution in [0.5, 0.6) is 0 Å². The van der Waals surface area contributed by atoms with Crippen molar-refractivity contribution >= 4 is 46.8 Å². The van der Waals surface area contributed by atoms with Crippen LogP contribution in [0, 0.1) is 6.92 Å². The normalized spacial score (nSPS) is 12.8. The van der Waals surface area contributed by atoms with Crippen LogP contribution < -0.4 is 5.32 Å². The maximum Gasteiger partial charge on any atom is 0.243 e. The van der Waals surface area contributed by atoms with Crippen molar-refractivity contribution in [2.24, 2.45) is 0 Å². The second kappa shape index (κ2) is 13.1. The summed E-state index contributed by atoms with van der Waals surface area (Å²) in [5, 5.41) is 4.06. The van der Waals surface area contributed by atoms with Crippen LogP contribution in [0.2, 0.25) is 10.0 Å². The van der Waals surface area contributed by atoms with Crippen LogP contribution in [0.3, 0.4) is 0 Å². The molecule has 0 fully saturated rings. The number of nitrogens with zero attached hydrogens (tertiary/aromatic N) is 1. The second-order valence-corrected chi connectivity index (χ2v) is 9.73. The first kappa shape index (κ1) is 26.6. The summed E-state index contributed by atoms with van der Waals surface area (Å²) in [6.07, 6.45) is 1.39. The number of carbonyl (C=O) groups is 2. The molecule has 0 radical (unpaired) electrons. The number of rotatable bonds is 11. The molecule has 0 aliphatic rings. The van der Waals surface area contributed by atoms with E-state index in [1.807, 2.05) is 64.1 Å². The molecule has 0 aliphatic carbocycles. The zero-order chi connectivity index (χ0) is 23.7. The predicted molar refractivity (Wildman–Crippen MR) is 136 cm³/mol. The van der Waals surface area contributed by atoms with Crippen molar-refractivity contribution in [3.05, 3.63) is 69.2 Å². The van der Waals surface area contributed by atoms with Crippen molar-refractivity contribution < 1.29 is 9.59 Å². The lowest BCUT2D eigenvalue weighted by atomic mass is 10.1. The standard InChI is InChI=1S/C25H32Cl2N2O2S/c1-5-18(4)28-25(31)23(6-2)29(14-20-10-8-7-9-17(20)3)24(30)16-32-15-19-11-12-21(26)22(27)13-19/h7-13,18,23H,5-6,14-16H2,1-4H3,(H,28,31). The lowest BCUT2D eigenvalue weighted by Gasteiger charge is -2.32. The maximum atomic E-state index is 13.3. The van der Waals surface area contributed by atoms with Crippen molar-refractivity contribution in [1.29, 1.82) is 0 Å². The number of aryl methyl sites for hydroxylation is 1. The van der Waals surface area contributed by atoms with Gasteiger partial charge in [-0.3, -0.25) is 9.59 Å². The van der Waals surface area contributed by atoms with Gasteiger partial charge in [-0.25, -0.2) is 0 Å². The Labute approximate surface area is 206 Å². The van der Waals surface area contributed by atoms with Crippen LogP contribution in [0.25, 0.3) is 0 Å². The van der Waals surface area contributed by atoms with E-state index in [0.29, 0.717) is 28.8 Å². The number of halogens is 2. The fourth-order valence-corrected chi connectivity index (χ4v) is 4.48. The first-order valence-electron chi connectivity index (χ1n) is 10.9. The predicted octanol–water partition coefficient (Wildman–Crippen LogP) is 6.26. The number of benzene rings is 2. The summed E-state index contributed by atoms with van der Waals surface area (Å²) in [4.78, 5) is 28.0. The molecule has 174 valence electrons. The molecule has 0 heterocycles. The van der Waals surface area contributed by atoms with Gasteiger partial charge in [0.2, 0.25) is 11.8 Å². The molecule has 0 saturated heterocycles. The van der Waals surface area contributed by atoms with Gasteiger partial charge < -0.3 is 10.2 Å².